The molecule has 2 aromatic heterocycles. The molecule has 0 bridgehead atoms. The minimum absolute atomic E-state index is 0.175. The standard InChI is InChI=1S/C18H18FN5O/c1-23-14(12-4-6-13(19)7-5-12)8-9-15(23)18(25)20-11-17-22-21-16-3-2-10-24(16)17/h4-9H,2-3,10-11H2,1H3,(H,20,25). The maximum Gasteiger partial charge on any atom is 0.268 e. The molecular weight excluding hydrogens is 321 g/mol. The number of hydrogen-bond acceptors (Lipinski definition) is 3. The fraction of sp³-hybridized carbons (Fsp3) is 0.278. The Kier molecular flexibility index (Phi) is 3.83. The first-order chi connectivity index (χ1) is 12.1. The number of carbonyl (C=O) groups excluding carboxylic acids is 1. The van der Waals surface area contributed by atoms with E-state index in [1.807, 2.05) is 13.1 Å². The van der Waals surface area contributed by atoms with Crippen molar-refractivity contribution in [2.24, 2.45) is 7.05 Å². The molecule has 1 aliphatic heterocycles. The second-order valence-electron chi connectivity index (χ2n) is 6.14. The summed E-state index contributed by atoms with van der Waals surface area (Å²) in [6.45, 7) is 1.26. The van der Waals surface area contributed by atoms with Gasteiger partial charge < -0.3 is 14.5 Å². The molecule has 3 aromatic rings. The summed E-state index contributed by atoms with van der Waals surface area (Å²) in [5.41, 5.74) is 2.26. The van der Waals surface area contributed by atoms with Crippen molar-refractivity contribution in [3.63, 3.8) is 0 Å². The number of rotatable bonds is 4. The molecule has 128 valence electrons. The third kappa shape index (κ3) is 2.82. The number of amides is 1. The fourth-order valence-corrected chi connectivity index (χ4v) is 3.24. The summed E-state index contributed by atoms with van der Waals surface area (Å²) < 4.78 is 16.9. The molecule has 0 spiro atoms. The molecule has 1 aromatic carbocycles. The lowest BCUT2D eigenvalue weighted by atomic mass is 10.1. The predicted octanol–water partition coefficient (Wildman–Crippen LogP) is 2.30. The number of benzene rings is 1. The highest BCUT2D eigenvalue weighted by Gasteiger charge is 2.19. The van der Waals surface area contributed by atoms with Gasteiger partial charge in [-0.05, 0) is 48.4 Å². The average Bonchev–Trinajstić information content (AvgIpc) is 3.30. The van der Waals surface area contributed by atoms with Crippen LogP contribution in [0.5, 0.6) is 0 Å². The van der Waals surface area contributed by atoms with Gasteiger partial charge in [0, 0.05) is 25.7 Å². The van der Waals surface area contributed by atoms with Crippen molar-refractivity contribution in [1.82, 2.24) is 24.6 Å². The molecule has 1 aliphatic rings. The van der Waals surface area contributed by atoms with Crippen LogP contribution >= 0.6 is 0 Å². The van der Waals surface area contributed by atoms with E-state index in [0.717, 1.165) is 42.3 Å². The minimum atomic E-state index is -0.281. The Morgan fingerprint density at radius 2 is 2.00 bits per heavy atom. The summed E-state index contributed by atoms with van der Waals surface area (Å²) in [5.74, 6) is 1.32. The van der Waals surface area contributed by atoms with Crippen LogP contribution in [-0.2, 0) is 26.6 Å². The molecule has 1 N–H and O–H groups in total. The van der Waals surface area contributed by atoms with Crippen LogP contribution in [-0.4, -0.2) is 25.2 Å². The zero-order valence-electron chi connectivity index (χ0n) is 13.9. The van der Waals surface area contributed by atoms with Crippen molar-refractivity contribution in [3.8, 4) is 11.3 Å². The van der Waals surface area contributed by atoms with Gasteiger partial charge in [-0.1, -0.05) is 0 Å². The Labute approximate surface area is 144 Å². The van der Waals surface area contributed by atoms with Gasteiger partial charge in [-0.25, -0.2) is 4.39 Å². The van der Waals surface area contributed by atoms with Crippen LogP contribution in [0.25, 0.3) is 11.3 Å². The van der Waals surface area contributed by atoms with E-state index in [2.05, 4.69) is 20.1 Å². The third-order valence-corrected chi connectivity index (χ3v) is 4.59. The largest absolute Gasteiger partial charge is 0.343 e. The molecule has 0 saturated heterocycles. The van der Waals surface area contributed by atoms with E-state index in [4.69, 9.17) is 0 Å². The molecule has 0 fully saturated rings. The van der Waals surface area contributed by atoms with Crippen molar-refractivity contribution >= 4 is 5.91 Å². The number of carbonyl (C=O) groups is 1. The Morgan fingerprint density at radius 3 is 2.80 bits per heavy atom. The molecule has 0 aliphatic carbocycles. The molecule has 0 atom stereocenters. The van der Waals surface area contributed by atoms with Crippen LogP contribution in [0.4, 0.5) is 4.39 Å². The second-order valence-corrected chi connectivity index (χ2v) is 6.14. The van der Waals surface area contributed by atoms with Gasteiger partial charge in [-0.3, -0.25) is 4.79 Å². The highest BCUT2D eigenvalue weighted by Crippen LogP contribution is 2.22. The SMILES string of the molecule is Cn1c(C(=O)NCc2nnc3n2CCC3)ccc1-c1ccc(F)cc1. The molecule has 0 saturated carbocycles. The maximum absolute atomic E-state index is 13.1. The first kappa shape index (κ1) is 15.6. The molecule has 0 radical (unpaired) electrons. The van der Waals surface area contributed by atoms with Gasteiger partial charge in [-0.2, -0.15) is 0 Å². The lowest BCUT2D eigenvalue weighted by Crippen LogP contribution is -2.26. The summed E-state index contributed by atoms with van der Waals surface area (Å²) in [6.07, 6.45) is 2.02. The normalized spacial score (nSPS) is 13.0. The van der Waals surface area contributed by atoms with Crippen molar-refractivity contribution in [3.05, 3.63) is 59.6 Å². The summed E-state index contributed by atoms with van der Waals surface area (Å²) >= 11 is 0. The summed E-state index contributed by atoms with van der Waals surface area (Å²) in [6, 6.07) is 9.85. The van der Waals surface area contributed by atoms with Crippen LogP contribution in [0.1, 0.15) is 28.6 Å². The molecule has 7 heteroatoms. The van der Waals surface area contributed by atoms with E-state index in [1.165, 1.54) is 12.1 Å². The van der Waals surface area contributed by atoms with E-state index in [1.54, 1.807) is 22.8 Å². The molecule has 6 nitrogen and oxygen atoms in total. The third-order valence-electron chi connectivity index (χ3n) is 4.59. The van der Waals surface area contributed by atoms with Gasteiger partial charge in [0.05, 0.1) is 6.54 Å². The van der Waals surface area contributed by atoms with Crippen molar-refractivity contribution in [1.29, 1.82) is 0 Å². The van der Waals surface area contributed by atoms with Crippen LogP contribution in [0.2, 0.25) is 0 Å². The number of aromatic nitrogens is 4. The first-order valence-electron chi connectivity index (χ1n) is 8.24. The predicted molar refractivity (Wildman–Crippen MR) is 90.3 cm³/mol. The highest BCUT2D eigenvalue weighted by atomic mass is 19.1. The zero-order chi connectivity index (χ0) is 17.4. The Bertz CT molecular complexity index is 926. The smallest absolute Gasteiger partial charge is 0.268 e. The monoisotopic (exact) mass is 339 g/mol. The number of nitrogens with zero attached hydrogens (tertiary/aromatic N) is 4. The topological polar surface area (TPSA) is 64.7 Å². The lowest BCUT2D eigenvalue weighted by molar-refractivity contribution is 0.0941. The summed E-state index contributed by atoms with van der Waals surface area (Å²) in [5, 5.41) is 11.2. The Balaban J connectivity index is 1.50. The van der Waals surface area contributed by atoms with Gasteiger partial charge in [-0.15, -0.1) is 10.2 Å². The van der Waals surface area contributed by atoms with Crippen LogP contribution in [0, 0.1) is 5.82 Å². The highest BCUT2D eigenvalue weighted by molar-refractivity contribution is 5.93. The summed E-state index contributed by atoms with van der Waals surface area (Å²) in [7, 11) is 1.82. The van der Waals surface area contributed by atoms with Crippen LogP contribution < -0.4 is 5.32 Å². The quantitative estimate of drug-likeness (QED) is 0.793. The molecule has 4 rings (SSSR count). The van der Waals surface area contributed by atoms with Gasteiger partial charge in [0.2, 0.25) is 0 Å². The number of nitrogens with one attached hydrogen (secondary N) is 1. The molecule has 0 unspecified atom stereocenters. The number of halogens is 1. The maximum atomic E-state index is 13.1. The molecule has 1 amide bonds. The molecular formula is C18H18FN5O. The second kappa shape index (κ2) is 6.16. The Morgan fingerprint density at radius 1 is 1.20 bits per heavy atom. The van der Waals surface area contributed by atoms with E-state index in [9.17, 15) is 9.18 Å². The molecule has 3 heterocycles. The van der Waals surface area contributed by atoms with Crippen molar-refractivity contribution < 1.29 is 9.18 Å². The molecule has 25 heavy (non-hydrogen) atoms. The van der Waals surface area contributed by atoms with Gasteiger partial charge in [0.25, 0.3) is 5.91 Å². The van der Waals surface area contributed by atoms with Gasteiger partial charge in [0.1, 0.15) is 17.3 Å². The zero-order valence-corrected chi connectivity index (χ0v) is 13.9. The lowest BCUT2D eigenvalue weighted by Gasteiger charge is -2.09. The van der Waals surface area contributed by atoms with Crippen LogP contribution in [0.3, 0.4) is 0 Å². The average molecular weight is 339 g/mol. The van der Waals surface area contributed by atoms with E-state index >= 15 is 0 Å². The van der Waals surface area contributed by atoms with E-state index in [-0.39, 0.29) is 11.7 Å². The Hall–Kier alpha value is -2.96. The number of aryl methyl sites for hydroxylation is 1. The van der Waals surface area contributed by atoms with Crippen molar-refractivity contribution in [2.75, 3.05) is 0 Å². The van der Waals surface area contributed by atoms with Gasteiger partial charge >= 0.3 is 0 Å². The van der Waals surface area contributed by atoms with Crippen LogP contribution in [0.15, 0.2) is 36.4 Å². The van der Waals surface area contributed by atoms with Gasteiger partial charge in [0.15, 0.2) is 5.82 Å². The minimum Gasteiger partial charge on any atom is -0.343 e. The summed E-state index contributed by atoms with van der Waals surface area (Å²) in [4.78, 5) is 12.5. The number of hydrogen-bond donors (Lipinski definition) is 1. The van der Waals surface area contributed by atoms with Crippen molar-refractivity contribution in [2.45, 2.75) is 25.9 Å². The first-order valence-corrected chi connectivity index (χ1v) is 8.24. The fourth-order valence-electron chi connectivity index (χ4n) is 3.24. The van der Waals surface area contributed by atoms with E-state index in [0.29, 0.717) is 12.2 Å². The number of fused-ring (bicyclic) bond motifs is 1. The van der Waals surface area contributed by atoms with E-state index < -0.39 is 0 Å².